The van der Waals surface area contributed by atoms with Crippen LogP contribution in [0.15, 0.2) is 30.6 Å². The second kappa shape index (κ2) is 10.9. The number of anilines is 3. The molecule has 1 aliphatic rings. The zero-order chi connectivity index (χ0) is 22.2. The molecule has 1 atom stereocenters. The topological polar surface area (TPSA) is 96.8 Å². The van der Waals surface area contributed by atoms with Gasteiger partial charge in [0, 0.05) is 25.8 Å². The Morgan fingerprint density at radius 2 is 2.00 bits per heavy atom. The molecule has 2 heterocycles. The SMILES string of the molecule is CC[C@H](CC(=O)O)c1ccc(N(CC)C2CCOCC2)c(Nc2ncc(OC)cn2)c1. The molecule has 1 aromatic carbocycles. The van der Waals surface area contributed by atoms with Crippen molar-refractivity contribution >= 4 is 23.3 Å². The molecule has 1 aromatic heterocycles. The van der Waals surface area contributed by atoms with E-state index in [1.807, 2.05) is 13.0 Å². The van der Waals surface area contributed by atoms with Crippen LogP contribution in [0.1, 0.15) is 51.0 Å². The molecule has 0 unspecified atom stereocenters. The summed E-state index contributed by atoms with van der Waals surface area (Å²) in [5.41, 5.74) is 2.93. The minimum atomic E-state index is -0.790. The normalized spacial score (nSPS) is 15.3. The summed E-state index contributed by atoms with van der Waals surface area (Å²) in [6, 6.07) is 6.57. The average Bonchev–Trinajstić information content (AvgIpc) is 2.80. The molecule has 1 saturated heterocycles. The summed E-state index contributed by atoms with van der Waals surface area (Å²) >= 11 is 0. The van der Waals surface area contributed by atoms with Crippen molar-refractivity contribution in [1.82, 2.24) is 9.97 Å². The predicted octanol–water partition coefficient (Wildman–Crippen LogP) is 4.20. The Morgan fingerprint density at radius 3 is 2.58 bits per heavy atom. The lowest BCUT2D eigenvalue weighted by atomic mass is 9.92. The Kier molecular flexibility index (Phi) is 8.06. The molecule has 1 fully saturated rings. The van der Waals surface area contributed by atoms with E-state index in [2.05, 4.69) is 39.2 Å². The van der Waals surface area contributed by atoms with Crippen LogP contribution in [0.2, 0.25) is 0 Å². The van der Waals surface area contributed by atoms with E-state index < -0.39 is 5.97 Å². The van der Waals surface area contributed by atoms with E-state index in [4.69, 9.17) is 9.47 Å². The summed E-state index contributed by atoms with van der Waals surface area (Å²) in [4.78, 5) is 22.4. The fraction of sp³-hybridized carbons (Fsp3) is 0.522. The molecule has 3 rings (SSSR count). The van der Waals surface area contributed by atoms with Gasteiger partial charge < -0.3 is 24.8 Å². The van der Waals surface area contributed by atoms with Crippen LogP contribution in [0.25, 0.3) is 0 Å². The van der Waals surface area contributed by atoms with Gasteiger partial charge in [0.15, 0.2) is 5.75 Å². The highest BCUT2D eigenvalue weighted by Gasteiger charge is 2.24. The van der Waals surface area contributed by atoms with Crippen molar-refractivity contribution in [2.75, 3.05) is 37.1 Å². The van der Waals surface area contributed by atoms with Gasteiger partial charge >= 0.3 is 5.97 Å². The molecule has 1 aliphatic heterocycles. The van der Waals surface area contributed by atoms with E-state index >= 15 is 0 Å². The van der Waals surface area contributed by atoms with Crippen molar-refractivity contribution in [3.8, 4) is 5.75 Å². The number of hydrogen-bond acceptors (Lipinski definition) is 7. The lowest BCUT2D eigenvalue weighted by molar-refractivity contribution is -0.137. The van der Waals surface area contributed by atoms with Gasteiger partial charge in [-0.1, -0.05) is 13.0 Å². The van der Waals surface area contributed by atoms with Gasteiger partial charge in [0.25, 0.3) is 0 Å². The molecular formula is C23H32N4O4. The van der Waals surface area contributed by atoms with E-state index in [1.165, 1.54) is 0 Å². The molecular weight excluding hydrogens is 396 g/mol. The van der Waals surface area contributed by atoms with Crippen molar-refractivity contribution in [1.29, 1.82) is 0 Å². The maximum Gasteiger partial charge on any atom is 0.303 e. The van der Waals surface area contributed by atoms with E-state index in [1.54, 1.807) is 19.5 Å². The number of nitrogens with one attached hydrogen (secondary N) is 1. The highest BCUT2D eigenvalue weighted by Crippen LogP contribution is 2.36. The highest BCUT2D eigenvalue weighted by atomic mass is 16.5. The number of nitrogens with zero attached hydrogens (tertiary/aromatic N) is 3. The minimum Gasteiger partial charge on any atom is -0.494 e. The smallest absolute Gasteiger partial charge is 0.303 e. The zero-order valence-corrected chi connectivity index (χ0v) is 18.5. The first-order chi connectivity index (χ1) is 15.0. The molecule has 0 amide bonds. The standard InChI is InChI=1S/C23H32N4O4/c1-4-16(13-22(28)29)17-6-7-21(27(5-2)18-8-10-31-11-9-18)20(12-17)26-23-24-14-19(30-3)15-25-23/h6-7,12,14-16,18H,4-5,8-11,13H2,1-3H3,(H,28,29)(H,24,25,26)/t16-/m1/s1. The minimum absolute atomic E-state index is 0.0537. The molecule has 8 heteroatoms. The summed E-state index contributed by atoms with van der Waals surface area (Å²) < 4.78 is 10.7. The molecule has 2 N–H and O–H groups in total. The maximum absolute atomic E-state index is 11.3. The molecule has 0 saturated carbocycles. The second-order valence-corrected chi connectivity index (χ2v) is 7.68. The third-order valence-electron chi connectivity index (χ3n) is 5.80. The van der Waals surface area contributed by atoms with Crippen LogP contribution in [0.5, 0.6) is 5.75 Å². The number of methoxy groups -OCH3 is 1. The number of rotatable bonds is 10. The average molecular weight is 429 g/mol. The van der Waals surface area contributed by atoms with Crippen LogP contribution < -0.4 is 15.0 Å². The van der Waals surface area contributed by atoms with Gasteiger partial charge in [0.2, 0.25) is 5.95 Å². The first-order valence-electron chi connectivity index (χ1n) is 10.9. The number of hydrogen-bond donors (Lipinski definition) is 2. The van der Waals surface area contributed by atoms with E-state index in [0.717, 1.165) is 56.0 Å². The first-order valence-corrected chi connectivity index (χ1v) is 10.9. The van der Waals surface area contributed by atoms with Crippen molar-refractivity contribution in [3.63, 3.8) is 0 Å². The van der Waals surface area contributed by atoms with Crippen LogP contribution >= 0.6 is 0 Å². The largest absolute Gasteiger partial charge is 0.494 e. The Morgan fingerprint density at radius 1 is 1.29 bits per heavy atom. The van der Waals surface area contributed by atoms with Gasteiger partial charge in [0.1, 0.15) is 0 Å². The van der Waals surface area contributed by atoms with Crippen LogP contribution in [-0.2, 0) is 9.53 Å². The van der Waals surface area contributed by atoms with E-state index in [0.29, 0.717) is 17.7 Å². The summed E-state index contributed by atoms with van der Waals surface area (Å²) in [5, 5.41) is 12.7. The van der Waals surface area contributed by atoms with Gasteiger partial charge in [0.05, 0.1) is 37.3 Å². The van der Waals surface area contributed by atoms with Crippen molar-refractivity contribution in [2.24, 2.45) is 0 Å². The lowest BCUT2D eigenvalue weighted by Gasteiger charge is -2.36. The van der Waals surface area contributed by atoms with Crippen molar-refractivity contribution in [2.45, 2.75) is 51.5 Å². The summed E-state index contributed by atoms with van der Waals surface area (Å²) in [6.07, 6.45) is 6.05. The summed E-state index contributed by atoms with van der Waals surface area (Å²) in [5.74, 6) is 0.210. The van der Waals surface area contributed by atoms with Crippen LogP contribution in [0.4, 0.5) is 17.3 Å². The summed E-state index contributed by atoms with van der Waals surface area (Å²) in [6.45, 7) is 6.55. The predicted molar refractivity (Wildman–Crippen MR) is 120 cm³/mol. The molecule has 168 valence electrons. The van der Waals surface area contributed by atoms with Gasteiger partial charge in [-0.05, 0) is 49.8 Å². The third-order valence-corrected chi connectivity index (χ3v) is 5.80. The lowest BCUT2D eigenvalue weighted by Crippen LogP contribution is -2.39. The molecule has 0 aliphatic carbocycles. The fourth-order valence-corrected chi connectivity index (χ4v) is 4.10. The number of carbonyl (C=O) groups is 1. The molecule has 0 bridgehead atoms. The second-order valence-electron chi connectivity index (χ2n) is 7.68. The van der Waals surface area contributed by atoms with E-state index in [9.17, 15) is 9.90 Å². The molecule has 31 heavy (non-hydrogen) atoms. The highest BCUT2D eigenvalue weighted by molar-refractivity contribution is 5.75. The zero-order valence-electron chi connectivity index (χ0n) is 18.5. The van der Waals surface area contributed by atoms with Crippen LogP contribution in [0, 0.1) is 0 Å². The number of aromatic nitrogens is 2. The van der Waals surface area contributed by atoms with Crippen molar-refractivity contribution < 1.29 is 19.4 Å². The number of benzene rings is 1. The Bertz CT molecular complexity index is 853. The van der Waals surface area contributed by atoms with E-state index in [-0.39, 0.29) is 12.3 Å². The van der Waals surface area contributed by atoms with Crippen LogP contribution in [-0.4, -0.2) is 54.0 Å². The molecule has 8 nitrogen and oxygen atoms in total. The number of aliphatic carboxylic acids is 1. The van der Waals surface area contributed by atoms with Crippen molar-refractivity contribution in [3.05, 3.63) is 36.2 Å². The molecule has 0 radical (unpaired) electrons. The molecule has 0 spiro atoms. The third kappa shape index (κ3) is 5.85. The van der Waals surface area contributed by atoms with Gasteiger partial charge in [-0.15, -0.1) is 0 Å². The van der Waals surface area contributed by atoms with Crippen LogP contribution in [0.3, 0.4) is 0 Å². The Labute approximate surface area is 183 Å². The number of ether oxygens (including phenoxy) is 2. The Balaban J connectivity index is 1.97. The van der Waals surface area contributed by atoms with Gasteiger partial charge in [-0.25, -0.2) is 9.97 Å². The fourth-order valence-electron chi connectivity index (χ4n) is 4.10. The van der Waals surface area contributed by atoms with Gasteiger partial charge in [-0.2, -0.15) is 0 Å². The van der Waals surface area contributed by atoms with Gasteiger partial charge in [-0.3, -0.25) is 4.79 Å². The number of carboxylic acids is 1. The monoisotopic (exact) mass is 428 g/mol. The molecule has 2 aromatic rings. The summed E-state index contributed by atoms with van der Waals surface area (Å²) in [7, 11) is 1.58. The first kappa shape index (κ1) is 22.8. The Hall–Kier alpha value is -2.87. The maximum atomic E-state index is 11.3. The quantitative estimate of drug-likeness (QED) is 0.581. The number of carboxylic acid groups (broad SMARTS) is 1.